The van der Waals surface area contributed by atoms with E-state index in [9.17, 15) is 13.2 Å². The zero-order valence-corrected chi connectivity index (χ0v) is 14.5. The molecular formula is C18H19NO5S. The summed E-state index contributed by atoms with van der Waals surface area (Å²) in [6, 6.07) is 11.3. The fourth-order valence-electron chi connectivity index (χ4n) is 2.89. The predicted molar refractivity (Wildman–Crippen MR) is 92.1 cm³/mol. The van der Waals surface area contributed by atoms with Crippen LogP contribution in [-0.4, -0.2) is 26.1 Å². The number of benzene rings is 2. The molecule has 7 heteroatoms. The van der Waals surface area contributed by atoms with Gasteiger partial charge in [-0.05, 0) is 19.1 Å². The van der Waals surface area contributed by atoms with Crippen LogP contribution in [0.25, 0.3) is 0 Å². The minimum atomic E-state index is -3.68. The zero-order valence-electron chi connectivity index (χ0n) is 13.7. The van der Waals surface area contributed by atoms with E-state index in [1.165, 1.54) is 0 Å². The van der Waals surface area contributed by atoms with E-state index in [0.29, 0.717) is 29.9 Å². The highest BCUT2D eigenvalue weighted by molar-refractivity contribution is 7.89. The molecule has 2 aromatic rings. The normalized spacial score (nSPS) is 16.8. The Morgan fingerprint density at radius 2 is 1.96 bits per heavy atom. The number of aryl methyl sites for hydroxylation is 1. The van der Waals surface area contributed by atoms with E-state index >= 15 is 0 Å². The summed E-state index contributed by atoms with van der Waals surface area (Å²) < 4.78 is 33.6. The monoisotopic (exact) mass is 361 g/mol. The minimum absolute atomic E-state index is 0.166. The van der Waals surface area contributed by atoms with Crippen molar-refractivity contribution in [1.29, 1.82) is 0 Å². The Morgan fingerprint density at radius 1 is 1.24 bits per heavy atom. The van der Waals surface area contributed by atoms with E-state index in [0.717, 1.165) is 5.56 Å². The molecule has 1 aliphatic rings. The third-order valence-corrected chi connectivity index (χ3v) is 5.61. The van der Waals surface area contributed by atoms with Crippen LogP contribution in [0.3, 0.4) is 0 Å². The van der Waals surface area contributed by atoms with Gasteiger partial charge in [0.15, 0.2) is 0 Å². The number of sulfonamides is 1. The van der Waals surface area contributed by atoms with E-state index < -0.39 is 22.0 Å². The van der Waals surface area contributed by atoms with Gasteiger partial charge in [-0.3, -0.25) is 4.79 Å². The van der Waals surface area contributed by atoms with Crippen molar-refractivity contribution in [2.45, 2.75) is 30.7 Å². The quantitative estimate of drug-likeness (QED) is 0.853. The van der Waals surface area contributed by atoms with Crippen molar-refractivity contribution in [3.63, 3.8) is 0 Å². The van der Waals surface area contributed by atoms with Crippen molar-refractivity contribution >= 4 is 16.0 Å². The van der Waals surface area contributed by atoms with Crippen molar-refractivity contribution in [3.05, 3.63) is 59.2 Å². The van der Waals surface area contributed by atoms with Crippen LogP contribution in [0.2, 0.25) is 0 Å². The molecule has 0 aliphatic carbocycles. The second kappa shape index (κ2) is 6.85. The van der Waals surface area contributed by atoms with Gasteiger partial charge in [0.05, 0.1) is 24.0 Å². The van der Waals surface area contributed by atoms with Gasteiger partial charge in [0.25, 0.3) is 0 Å². The molecule has 1 heterocycles. The maximum absolute atomic E-state index is 12.6. The van der Waals surface area contributed by atoms with Crippen molar-refractivity contribution in [1.82, 2.24) is 4.72 Å². The van der Waals surface area contributed by atoms with Crippen molar-refractivity contribution in [2.24, 2.45) is 0 Å². The zero-order chi connectivity index (χ0) is 18.0. The van der Waals surface area contributed by atoms with Gasteiger partial charge in [-0.2, -0.15) is 0 Å². The van der Waals surface area contributed by atoms with Crippen LogP contribution in [0.4, 0.5) is 0 Å². The van der Waals surface area contributed by atoms with Crippen LogP contribution in [-0.2, 0) is 21.2 Å². The second-order valence-electron chi connectivity index (χ2n) is 6.03. The van der Waals surface area contributed by atoms with Gasteiger partial charge in [-0.25, -0.2) is 13.1 Å². The summed E-state index contributed by atoms with van der Waals surface area (Å²) in [7, 11) is -3.68. The number of hydrogen-bond donors (Lipinski definition) is 2. The lowest BCUT2D eigenvalue weighted by Gasteiger charge is -2.28. The largest absolute Gasteiger partial charge is 0.493 e. The average molecular weight is 361 g/mol. The minimum Gasteiger partial charge on any atom is -0.493 e. The summed E-state index contributed by atoms with van der Waals surface area (Å²) in [6.07, 6.45) is 0.315. The van der Waals surface area contributed by atoms with Crippen molar-refractivity contribution in [2.75, 3.05) is 6.61 Å². The van der Waals surface area contributed by atoms with Crippen LogP contribution >= 0.6 is 0 Å². The standard InChI is InChI=1S/C18H19NO5S/c1-12-5-7-14(8-6-12)25(22,23)19-16-9-10-24-18-13(11-17(20)21)3-2-4-15(16)18/h2-8,16,19H,9-11H2,1H3,(H,20,21). The molecule has 0 aromatic heterocycles. The Kier molecular flexibility index (Phi) is 4.78. The molecular weight excluding hydrogens is 342 g/mol. The number of carboxylic acids is 1. The van der Waals surface area contributed by atoms with Crippen LogP contribution in [0.5, 0.6) is 5.75 Å². The second-order valence-corrected chi connectivity index (χ2v) is 7.74. The molecule has 2 N–H and O–H groups in total. The summed E-state index contributed by atoms with van der Waals surface area (Å²) in [5, 5.41) is 9.02. The third kappa shape index (κ3) is 3.83. The fraction of sp³-hybridized carbons (Fsp3) is 0.278. The molecule has 132 valence electrons. The Labute approximate surface area is 146 Å². The van der Waals surface area contributed by atoms with Gasteiger partial charge in [0.1, 0.15) is 5.75 Å². The number of ether oxygens (including phenoxy) is 1. The number of rotatable bonds is 5. The summed E-state index contributed by atoms with van der Waals surface area (Å²) in [5.41, 5.74) is 2.19. The molecule has 0 bridgehead atoms. The van der Waals surface area contributed by atoms with Gasteiger partial charge < -0.3 is 9.84 Å². The van der Waals surface area contributed by atoms with Crippen molar-refractivity contribution in [3.8, 4) is 5.75 Å². The highest BCUT2D eigenvalue weighted by Gasteiger charge is 2.28. The molecule has 25 heavy (non-hydrogen) atoms. The maximum atomic E-state index is 12.6. The first-order valence-corrected chi connectivity index (χ1v) is 9.40. The summed E-state index contributed by atoms with van der Waals surface area (Å²) in [5.74, 6) is -0.493. The molecule has 0 spiro atoms. The van der Waals surface area contributed by atoms with E-state index in [1.807, 2.05) is 6.92 Å². The average Bonchev–Trinajstić information content (AvgIpc) is 2.55. The van der Waals surface area contributed by atoms with E-state index in [-0.39, 0.29) is 11.3 Å². The topological polar surface area (TPSA) is 92.7 Å². The molecule has 6 nitrogen and oxygen atoms in total. The Morgan fingerprint density at radius 3 is 2.64 bits per heavy atom. The molecule has 0 saturated heterocycles. The molecule has 0 fully saturated rings. The fourth-order valence-corrected chi connectivity index (χ4v) is 4.14. The highest BCUT2D eigenvalue weighted by atomic mass is 32.2. The van der Waals surface area contributed by atoms with E-state index in [1.54, 1.807) is 42.5 Å². The number of para-hydroxylation sites is 1. The number of carbonyl (C=O) groups is 1. The molecule has 3 rings (SSSR count). The maximum Gasteiger partial charge on any atom is 0.307 e. The van der Waals surface area contributed by atoms with Crippen molar-refractivity contribution < 1.29 is 23.1 Å². The van der Waals surface area contributed by atoms with Crippen LogP contribution in [0.15, 0.2) is 47.4 Å². The first-order chi connectivity index (χ1) is 11.9. The van der Waals surface area contributed by atoms with Gasteiger partial charge in [-0.1, -0.05) is 35.9 Å². The SMILES string of the molecule is Cc1ccc(S(=O)(=O)NC2CCOc3c(CC(=O)O)cccc32)cc1. The summed E-state index contributed by atoms with van der Waals surface area (Å²) in [6.45, 7) is 2.22. The summed E-state index contributed by atoms with van der Waals surface area (Å²) >= 11 is 0. The summed E-state index contributed by atoms with van der Waals surface area (Å²) in [4.78, 5) is 11.2. The number of hydrogen-bond acceptors (Lipinski definition) is 4. The van der Waals surface area contributed by atoms with E-state index in [2.05, 4.69) is 4.72 Å². The molecule has 0 amide bonds. The van der Waals surface area contributed by atoms with Gasteiger partial charge in [0.2, 0.25) is 10.0 Å². The Bertz CT molecular complexity index is 890. The Balaban J connectivity index is 1.91. The number of fused-ring (bicyclic) bond motifs is 1. The number of aliphatic carboxylic acids is 1. The molecule has 0 saturated carbocycles. The van der Waals surface area contributed by atoms with Crippen LogP contribution in [0, 0.1) is 6.92 Å². The first kappa shape index (κ1) is 17.4. The van der Waals surface area contributed by atoms with Gasteiger partial charge in [0, 0.05) is 17.5 Å². The molecule has 0 radical (unpaired) electrons. The van der Waals surface area contributed by atoms with E-state index in [4.69, 9.17) is 9.84 Å². The Hall–Kier alpha value is -2.38. The van der Waals surface area contributed by atoms with Crippen LogP contribution < -0.4 is 9.46 Å². The first-order valence-electron chi connectivity index (χ1n) is 7.92. The molecule has 1 atom stereocenters. The number of nitrogens with one attached hydrogen (secondary N) is 1. The number of carboxylic acid groups (broad SMARTS) is 1. The third-order valence-electron chi connectivity index (χ3n) is 4.13. The lowest BCUT2D eigenvalue weighted by molar-refractivity contribution is -0.136. The lowest BCUT2D eigenvalue weighted by Crippen LogP contribution is -2.32. The lowest BCUT2D eigenvalue weighted by atomic mass is 9.97. The van der Waals surface area contributed by atoms with Gasteiger partial charge in [-0.15, -0.1) is 0 Å². The van der Waals surface area contributed by atoms with Gasteiger partial charge >= 0.3 is 5.97 Å². The molecule has 2 aromatic carbocycles. The highest BCUT2D eigenvalue weighted by Crippen LogP contribution is 2.36. The van der Waals surface area contributed by atoms with Crippen LogP contribution in [0.1, 0.15) is 29.2 Å². The smallest absolute Gasteiger partial charge is 0.307 e. The molecule has 1 unspecified atom stereocenters. The predicted octanol–water partition coefficient (Wildman–Crippen LogP) is 2.42. The molecule has 1 aliphatic heterocycles.